The summed E-state index contributed by atoms with van der Waals surface area (Å²) in [5.74, 6) is -0.0627. The number of carbonyl (C=O) groups excluding carboxylic acids is 1. The van der Waals surface area contributed by atoms with Gasteiger partial charge in [-0.05, 0) is 49.1 Å². The number of anilines is 1. The standard InChI is InChI=1S/C21H28N2O3S/c1-5-18-11-13-19(14-12-18)23(15-21(24)22-17(4)16(2)3)27(25,26)20-9-7-6-8-10-20/h6-14,16-17H,5,15H2,1-4H3,(H,22,24)/t17-/m1/s1. The Morgan fingerprint density at radius 2 is 1.59 bits per heavy atom. The van der Waals surface area contributed by atoms with Crippen molar-refractivity contribution in [2.45, 2.75) is 45.1 Å². The van der Waals surface area contributed by atoms with Crippen LogP contribution in [-0.4, -0.2) is 26.9 Å². The number of aryl methyl sites for hydroxylation is 1. The molecule has 146 valence electrons. The van der Waals surface area contributed by atoms with E-state index in [1.54, 1.807) is 30.3 Å². The molecule has 0 bridgehead atoms. The fourth-order valence-corrected chi connectivity index (χ4v) is 3.97. The van der Waals surface area contributed by atoms with Crippen LogP contribution in [0.5, 0.6) is 0 Å². The predicted molar refractivity (Wildman–Crippen MR) is 109 cm³/mol. The van der Waals surface area contributed by atoms with E-state index in [2.05, 4.69) is 5.32 Å². The zero-order valence-electron chi connectivity index (χ0n) is 16.3. The molecule has 0 radical (unpaired) electrons. The summed E-state index contributed by atoms with van der Waals surface area (Å²) in [6.45, 7) is 7.70. The lowest BCUT2D eigenvalue weighted by Gasteiger charge is -2.26. The van der Waals surface area contributed by atoms with Gasteiger partial charge in [0.2, 0.25) is 5.91 Å². The molecule has 2 rings (SSSR count). The molecule has 5 nitrogen and oxygen atoms in total. The fraction of sp³-hybridized carbons (Fsp3) is 0.381. The Bertz CT molecular complexity index is 847. The van der Waals surface area contributed by atoms with Gasteiger partial charge in [-0.25, -0.2) is 8.42 Å². The Morgan fingerprint density at radius 3 is 2.11 bits per heavy atom. The van der Waals surface area contributed by atoms with Crippen LogP contribution < -0.4 is 9.62 Å². The van der Waals surface area contributed by atoms with Crippen molar-refractivity contribution in [3.8, 4) is 0 Å². The van der Waals surface area contributed by atoms with E-state index in [1.165, 1.54) is 16.4 Å². The number of amides is 1. The van der Waals surface area contributed by atoms with Gasteiger partial charge in [-0.2, -0.15) is 0 Å². The van der Waals surface area contributed by atoms with Crippen molar-refractivity contribution >= 4 is 21.6 Å². The van der Waals surface area contributed by atoms with Crippen molar-refractivity contribution in [3.05, 3.63) is 60.2 Å². The lowest BCUT2D eigenvalue weighted by atomic mass is 10.1. The Balaban J connectivity index is 2.37. The fourth-order valence-electron chi connectivity index (χ4n) is 2.53. The van der Waals surface area contributed by atoms with Gasteiger partial charge in [-0.3, -0.25) is 9.10 Å². The van der Waals surface area contributed by atoms with Crippen LogP contribution in [0, 0.1) is 5.92 Å². The molecule has 2 aromatic rings. The molecule has 0 fully saturated rings. The number of rotatable bonds is 8. The first-order valence-corrected chi connectivity index (χ1v) is 10.7. The van der Waals surface area contributed by atoms with Crippen LogP contribution in [0.4, 0.5) is 5.69 Å². The van der Waals surface area contributed by atoms with Gasteiger partial charge < -0.3 is 5.32 Å². The summed E-state index contributed by atoms with van der Waals surface area (Å²) >= 11 is 0. The number of hydrogen-bond acceptors (Lipinski definition) is 3. The topological polar surface area (TPSA) is 66.5 Å². The van der Waals surface area contributed by atoms with Crippen LogP contribution in [-0.2, 0) is 21.2 Å². The first-order chi connectivity index (χ1) is 12.8. The number of hydrogen-bond donors (Lipinski definition) is 1. The molecular formula is C21H28N2O3S. The summed E-state index contributed by atoms with van der Waals surface area (Å²) in [5.41, 5.74) is 1.58. The van der Waals surface area contributed by atoms with Crippen molar-refractivity contribution in [2.75, 3.05) is 10.8 Å². The van der Waals surface area contributed by atoms with Gasteiger partial charge in [0.05, 0.1) is 10.6 Å². The first-order valence-electron chi connectivity index (χ1n) is 9.21. The van der Waals surface area contributed by atoms with Gasteiger partial charge in [0.1, 0.15) is 6.54 Å². The van der Waals surface area contributed by atoms with E-state index in [9.17, 15) is 13.2 Å². The number of nitrogens with one attached hydrogen (secondary N) is 1. The molecule has 0 aliphatic rings. The second-order valence-corrected chi connectivity index (χ2v) is 8.81. The van der Waals surface area contributed by atoms with E-state index >= 15 is 0 Å². The first kappa shape index (κ1) is 21.0. The van der Waals surface area contributed by atoms with Crippen molar-refractivity contribution in [2.24, 2.45) is 5.92 Å². The lowest BCUT2D eigenvalue weighted by Crippen LogP contribution is -2.45. The summed E-state index contributed by atoms with van der Waals surface area (Å²) in [4.78, 5) is 12.7. The molecule has 6 heteroatoms. The molecule has 0 spiro atoms. The number of sulfonamides is 1. The Kier molecular flexibility index (Phi) is 7.02. The third kappa shape index (κ3) is 5.32. The molecule has 27 heavy (non-hydrogen) atoms. The van der Waals surface area contributed by atoms with E-state index in [0.717, 1.165) is 12.0 Å². The maximum Gasteiger partial charge on any atom is 0.264 e. The third-order valence-corrected chi connectivity index (χ3v) is 6.43. The van der Waals surface area contributed by atoms with Crippen LogP contribution in [0.2, 0.25) is 0 Å². The lowest BCUT2D eigenvalue weighted by molar-refractivity contribution is -0.120. The Labute approximate surface area is 162 Å². The highest BCUT2D eigenvalue weighted by atomic mass is 32.2. The second-order valence-electron chi connectivity index (χ2n) is 6.94. The quantitative estimate of drug-likeness (QED) is 0.751. The maximum atomic E-state index is 13.2. The molecule has 2 aromatic carbocycles. The van der Waals surface area contributed by atoms with Crippen molar-refractivity contribution < 1.29 is 13.2 Å². The minimum absolute atomic E-state index is 0.0405. The van der Waals surface area contributed by atoms with Crippen molar-refractivity contribution in [3.63, 3.8) is 0 Å². The van der Waals surface area contributed by atoms with Crippen molar-refractivity contribution in [1.29, 1.82) is 0 Å². The van der Waals surface area contributed by atoms with Gasteiger partial charge >= 0.3 is 0 Å². The summed E-state index contributed by atoms with van der Waals surface area (Å²) in [5, 5.41) is 2.88. The maximum absolute atomic E-state index is 13.2. The molecule has 0 aliphatic heterocycles. The zero-order chi connectivity index (χ0) is 20.0. The van der Waals surface area contributed by atoms with Crippen LogP contribution >= 0.6 is 0 Å². The third-order valence-electron chi connectivity index (χ3n) is 4.64. The second kappa shape index (κ2) is 9.04. The van der Waals surface area contributed by atoms with E-state index in [0.29, 0.717) is 5.69 Å². The van der Waals surface area contributed by atoms with Gasteiger partial charge in [-0.1, -0.05) is 51.1 Å². The van der Waals surface area contributed by atoms with E-state index < -0.39 is 10.0 Å². The number of nitrogens with zero attached hydrogens (tertiary/aromatic N) is 1. The van der Waals surface area contributed by atoms with Crippen LogP contribution in [0.1, 0.15) is 33.3 Å². The molecule has 0 aromatic heterocycles. The molecule has 0 saturated heterocycles. The van der Waals surface area contributed by atoms with Crippen LogP contribution in [0.15, 0.2) is 59.5 Å². The highest BCUT2D eigenvalue weighted by Gasteiger charge is 2.27. The molecule has 0 saturated carbocycles. The minimum atomic E-state index is -3.85. The molecule has 1 atom stereocenters. The smallest absolute Gasteiger partial charge is 0.264 e. The SMILES string of the molecule is CCc1ccc(N(CC(=O)N[C@H](C)C(C)C)S(=O)(=O)c2ccccc2)cc1. The van der Waals surface area contributed by atoms with Crippen LogP contribution in [0.25, 0.3) is 0 Å². The summed E-state index contributed by atoms with van der Waals surface area (Å²) in [6, 6.07) is 15.4. The summed E-state index contributed by atoms with van der Waals surface area (Å²) in [7, 11) is -3.85. The van der Waals surface area contributed by atoms with Gasteiger partial charge in [-0.15, -0.1) is 0 Å². The monoisotopic (exact) mass is 388 g/mol. The largest absolute Gasteiger partial charge is 0.352 e. The molecule has 0 heterocycles. The minimum Gasteiger partial charge on any atom is -0.352 e. The van der Waals surface area contributed by atoms with Crippen molar-refractivity contribution in [1.82, 2.24) is 5.32 Å². The highest BCUT2D eigenvalue weighted by Crippen LogP contribution is 2.24. The molecule has 0 aliphatic carbocycles. The Hall–Kier alpha value is -2.34. The van der Waals surface area contributed by atoms with Gasteiger partial charge in [0.15, 0.2) is 0 Å². The zero-order valence-corrected chi connectivity index (χ0v) is 17.2. The molecule has 0 unspecified atom stereocenters. The number of carbonyl (C=O) groups is 1. The van der Waals surface area contributed by atoms with Gasteiger partial charge in [0.25, 0.3) is 10.0 Å². The average molecular weight is 389 g/mol. The molecule has 1 N–H and O–H groups in total. The van der Waals surface area contributed by atoms with Gasteiger partial charge in [0, 0.05) is 6.04 Å². The number of benzene rings is 2. The normalized spacial score (nSPS) is 12.6. The summed E-state index contributed by atoms with van der Waals surface area (Å²) in [6.07, 6.45) is 0.859. The average Bonchev–Trinajstić information content (AvgIpc) is 2.66. The van der Waals surface area contributed by atoms with E-state index in [1.807, 2.05) is 39.8 Å². The molecule has 1 amide bonds. The predicted octanol–water partition coefficient (Wildman–Crippen LogP) is 3.61. The Morgan fingerprint density at radius 1 is 1.00 bits per heavy atom. The highest BCUT2D eigenvalue weighted by molar-refractivity contribution is 7.92. The summed E-state index contributed by atoms with van der Waals surface area (Å²) < 4.78 is 27.5. The van der Waals surface area contributed by atoms with E-state index in [-0.39, 0.29) is 29.3 Å². The molecular weight excluding hydrogens is 360 g/mol. The van der Waals surface area contributed by atoms with E-state index in [4.69, 9.17) is 0 Å². The van der Waals surface area contributed by atoms with Crippen LogP contribution in [0.3, 0.4) is 0 Å².